The van der Waals surface area contributed by atoms with E-state index < -0.39 is 42.5 Å². The average molecular weight is 407 g/mol. The number of anilines is 2. The summed E-state index contributed by atoms with van der Waals surface area (Å²) in [5, 5.41) is 26.6. The lowest BCUT2D eigenvalue weighted by Gasteiger charge is -2.10. The summed E-state index contributed by atoms with van der Waals surface area (Å²) in [5.74, 6) is -6.26. The minimum absolute atomic E-state index is 0.397. The van der Waals surface area contributed by atoms with Crippen molar-refractivity contribution in [3.63, 3.8) is 0 Å². The number of benzene rings is 1. The van der Waals surface area contributed by atoms with Gasteiger partial charge in [0.25, 0.3) is 0 Å². The molecule has 1 aromatic carbocycles. The lowest BCUT2D eigenvalue weighted by molar-refractivity contribution is -0.192. The predicted octanol–water partition coefficient (Wildman–Crippen LogP) is 0.542. The van der Waals surface area contributed by atoms with Crippen molar-refractivity contribution in [3.05, 3.63) is 29.8 Å². The van der Waals surface area contributed by atoms with Gasteiger partial charge in [-0.1, -0.05) is 0 Å². The first-order valence-electron chi connectivity index (χ1n) is 7.12. The quantitative estimate of drug-likeness (QED) is 0.288. The predicted molar refractivity (Wildman–Crippen MR) is 89.8 cm³/mol. The molecule has 28 heavy (non-hydrogen) atoms. The fraction of sp³-hybridized carbons (Fsp3) is 0.200. The molecule has 1 rings (SSSR count). The van der Waals surface area contributed by atoms with Crippen LogP contribution in [0.3, 0.4) is 0 Å². The first-order chi connectivity index (χ1) is 12.7. The number of carboxylic acids is 3. The summed E-state index contributed by atoms with van der Waals surface area (Å²) in [7, 11) is 0. The Morgan fingerprint density at radius 2 is 1.64 bits per heavy atom. The number of carboxylic acid groups (broad SMARTS) is 3. The first-order valence-corrected chi connectivity index (χ1v) is 7.12. The maximum atomic E-state index is 11.6. The number of hydrogen-bond acceptors (Lipinski definition) is 6. The summed E-state index contributed by atoms with van der Waals surface area (Å²) in [6.07, 6.45) is -3.38. The number of amides is 1. The number of halogens is 3. The van der Waals surface area contributed by atoms with Gasteiger partial charge in [0.15, 0.2) is 0 Å². The molecule has 8 N–H and O–H groups in total. The van der Waals surface area contributed by atoms with Gasteiger partial charge in [-0.2, -0.15) is 13.2 Å². The number of alkyl halides is 3. The van der Waals surface area contributed by atoms with Crippen molar-refractivity contribution >= 4 is 41.3 Å². The van der Waals surface area contributed by atoms with E-state index in [-0.39, 0.29) is 0 Å². The molecule has 0 aromatic heterocycles. The number of rotatable bonds is 6. The Kier molecular flexibility index (Phi) is 9.00. The second-order valence-corrected chi connectivity index (χ2v) is 5.02. The van der Waals surface area contributed by atoms with E-state index in [0.717, 1.165) is 6.08 Å². The molecule has 1 amide bonds. The highest BCUT2D eigenvalue weighted by atomic mass is 19.4. The number of carbonyl (C=O) groups excluding carboxylic acids is 1. The third-order valence-corrected chi connectivity index (χ3v) is 2.76. The fourth-order valence-corrected chi connectivity index (χ4v) is 1.50. The Hall–Kier alpha value is -3.77. The summed E-state index contributed by atoms with van der Waals surface area (Å²) < 4.78 is 31.7. The molecule has 154 valence electrons. The Labute approximate surface area is 155 Å². The van der Waals surface area contributed by atoms with Crippen LogP contribution in [0.2, 0.25) is 0 Å². The molecule has 0 aliphatic carbocycles. The summed E-state index contributed by atoms with van der Waals surface area (Å²) in [5.41, 5.74) is 12.6. The molecule has 0 fully saturated rings. The Balaban J connectivity index is 0.000000887. The van der Waals surface area contributed by atoms with Gasteiger partial charge in [-0.3, -0.25) is 9.59 Å². The Morgan fingerprint density at radius 1 is 1.11 bits per heavy atom. The van der Waals surface area contributed by atoms with Crippen LogP contribution < -0.4 is 16.8 Å². The van der Waals surface area contributed by atoms with Crippen LogP contribution in [0.4, 0.5) is 24.5 Å². The molecular formula is C15H16F3N3O7. The lowest BCUT2D eigenvalue weighted by atomic mass is 10.1. The number of nitrogens with one attached hydrogen (secondary N) is 1. The van der Waals surface area contributed by atoms with E-state index in [9.17, 15) is 27.6 Å². The topological polar surface area (TPSA) is 193 Å². The normalized spacial score (nSPS) is 11.8. The van der Waals surface area contributed by atoms with Gasteiger partial charge in [0.2, 0.25) is 5.91 Å². The fourth-order valence-electron chi connectivity index (χ4n) is 1.50. The largest absolute Gasteiger partial charge is 0.490 e. The van der Waals surface area contributed by atoms with Crippen LogP contribution in [0.15, 0.2) is 24.3 Å². The standard InChI is InChI=1S/C13H15N3O5.C2HF3O2/c14-8-2-3-9(15)7(5-8)1-4-11(17)16-10(13(20)21)6-12(18)19;3-2(4,5)1(6)7/h1-5,10H,6,14-15H2,(H,16,17)(H,18,19)(H,20,21);(H,6,7)/b4-1+;/t10-;/m0./s1. The first kappa shape index (κ1) is 24.2. The van der Waals surface area contributed by atoms with E-state index in [2.05, 4.69) is 5.32 Å². The summed E-state index contributed by atoms with van der Waals surface area (Å²) in [4.78, 5) is 41.8. The highest BCUT2D eigenvalue weighted by Gasteiger charge is 2.38. The van der Waals surface area contributed by atoms with Crippen molar-refractivity contribution < 1.29 is 47.7 Å². The van der Waals surface area contributed by atoms with E-state index in [1.807, 2.05) is 0 Å². The number of carbonyl (C=O) groups is 4. The zero-order chi connectivity index (χ0) is 22.1. The van der Waals surface area contributed by atoms with E-state index in [4.69, 9.17) is 31.6 Å². The number of nitrogen functional groups attached to an aromatic ring is 2. The van der Waals surface area contributed by atoms with Crippen molar-refractivity contribution in [1.29, 1.82) is 0 Å². The van der Waals surface area contributed by atoms with Crippen LogP contribution in [0, 0.1) is 0 Å². The van der Waals surface area contributed by atoms with Crippen molar-refractivity contribution in [3.8, 4) is 0 Å². The molecule has 13 heteroatoms. The van der Waals surface area contributed by atoms with Gasteiger partial charge >= 0.3 is 24.1 Å². The molecule has 0 heterocycles. The molecule has 0 radical (unpaired) electrons. The minimum atomic E-state index is -5.08. The summed E-state index contributed by atoms with van der Waals surface area (Å²) in [6, 6.07) is 3.21. The van der Waals surface area contributed by atoms with Gasteiger partial charge in [-0.15, -0.1) is 0 Å². The Morgan fingerprint density at radius 3 is 2.07 bits per heavy atom. The van der Waals surface area contributed by atoms with Crippen molar-refractivity contribution in [1.82, 2.24) is 5.32 Å². The van der Waals surface area contributed by atoms with Gasteiger partial charge in [0.05, 0.1) is 6.42 Å². The van der Waals surface area contributed by atoms with E-state index in [1.54, 1.807) is 18.2 Å². The smallest absolute Gasteiger partial charge is 0.481 e. The molecule has 0 bridgehead atoms. The number of aliphatic carboxylic acids is 3. The van der Waals surface area contributed by atoms with Gasteiger partial charge in [-0.05, 0) is 29.8 Å². The molecule has 0 aliphatic rings. The highest BCUT2D eigenvalue weighted by molar-refractivity contribution is 5.96. The van der Waals surface area contributed by atoms with Crippen LogP contribution in [0.1, 0.15) is 12.0 Å². The maximum absolute atomic E-state index is 11.6. The molecule has 1 atom stereocenters. The number of nitrogens with two attached hydrogens (primary N) is 2. The zero-order valence-corrected chi connectivity index (χ0v) is 13.9. The van der Waals surface area contributed by atoms with E-state index in [1.165, 1.54) is 6.08 Å². The Bertz CT molecular complexity index is 779. The molecule has 1 aromatic rings. The highest BCUT2D eigenvalue weighted by Crippen LogP contribution is 2.17. The van der Waals surface area contributed by atoms with Crippen LogP contribution in [0.25, 0.3) is 6.08 Å². The SMILES string of the molecule is Nc1ccc(N)c(/C=C/C(=O)N[C@@H](CC(=O)O)C(=O)O)c1.O=C(O)C(F)(F)F. The molecule has 10 nitrogen and oxygen atoms in total. The second kappa shape index (κ2) is 10.4. The van der Waals surface area contributed by atoms with Crippen LogP contribution in [0.5, 0.6) is 0 Å². The molecule has 0 aliphatic heterocycles. The average Bonchev–Trinajstić information content (AvgIpc) is 2.54. The van der Waals surface area contributed by atoms with Gasteiger partial charge < -0.3 is 32.1 Å². The maximum Gasteiger partial charge on any atom is 0.490 e. The third kappa shape index (κ3) is 9.65. The van der Waals surface area contributed by atoms with Crippen molar-refractivity contribution in [2.24, 2.45) is 0 Å². The van der Waals surface area contributed by atoms with Crippen molar-refractivity contribution in [2.45, 2.75) is 18.6 Å². The monoisotopic (exact) mass is 407 g/mol. The van der Waals surface area contributed by atoms with Crippen LogP contribution >= 0.6 is 0 Å². The lowest BCUT2D eigenvalue weighted by Crippen LogP contribution is -2.41. The van der Waals surface area contributed by atoms with Gasteiger partial charge in [0, 0.05) is 17.5 Å². The van der Waals surface area contributed by atoms with Crippen LogP contribution in [-0.4, -0.2) is 51.4 Å². The molecule has 0 unspecified atom stereocenters. The minimum Gasteiger partial charge on any atom is -0.481 e. The molecular weight excluding hydrogens is 391 g/mol. The molecule has 0 spiro atoms. The summed E-state index contributed by atoms with van der Waals surface area (Å²) in [6.45, 7) is 0. The van der Waals surface area contributed by atoms with Crippen molar-refractivity contribution in [2.75, 3.05) is 11.5 Å². The zero-order valence-electron chi connectivity index (χ0n) is 13.9. The van der Waals surface area contributed by atoms with Gasteiger partial charge in [-0.25, -0.2) is 9.59 Å². The molecule has 0 saturated heterocycles. The number of hydrogen-bond donors (Lipinski definition) is 6. The second-order valence-electron chi connectivity index (χ2n) is 5.02. The van der Waals surface area contributed by atoms with Crippen LogP contribution in [-0.2, 0) is 19.2 Å². The van der Waals surface area contributed by atoms with E-state index >= 15 is 0 Å². The third-order valence-electron chi connectivity index (χ3n) is 2.76. The van der Waals surface area contributed by atoms with E-state index in [0.29, 0.717) is 16.9 Å². The van der Waals surface area contributed by atoms with Gasteiger partial charge in [0.1, 0.15) is 6.04 Å². The molecule has 0 saturated carbocycles. The summed E-state index contributed by atoms with van der Waals surface area (Å²) >= 11 is 0.